The monoisotopic (exact) mass is 435 g/mol. The van der Waals surface area contributed by atoms with Crippen LogP contribution in [0.15, 0.2) is 42.7 Å². The van der Waals surface area contributed by atoms with Crippen molar-refractivity contribution in [3.63, 3.8) is 0 Å². The summed E-state index contributed by atoms with van der Waals surface area (Å²) in [6, 6.07) is 8.22. The molecule has 162 valence electrons. The van der Waals surface area contributed by atoms with E-state index >= 15 is 0 Å². The first-order valence-electron chi connectivity index (χ1n) is 10.3. The number of hydrogen-bond acceptors (Lipinski definition) is 5. The molecular formula is C23H19F2N5O2. The van der Waals surface area contributed by atoms with Crippen molar-refractivity contribution in [1.29, 1.82) is 0 Å². The van der Waals surface area contributed by atoms with Gasteiger partial charge in [0, 0.05) is 29.8 Å². The molecule has 0 amide bonds. The van der Waals surface area contributed by atoms with Crippen molar-refractivity contribution in [2.24, 2.45) is 0 Å². The molecule has 3 heterocycles. The fraction of sp³-hybridized carbons (Fsp3) is 0.217. The van der Waals surface area contributed by atoms with Crippen LogP contribution in [-0.2, 0) is 19.4 Å². The van der Waals surface area contributed by atoms with Gasteiger partial charge in [-0.3, -0.25) is 10.1 Å². The number of para-hydroxylation sites is 1. The Morgan fingerprint density at radius 2 is 2.09 bits per heavy atom. The first-order chi connectivity index (χ1) is 15.5. The van der Waals surface area contributed by atoms with Gasteiger partial charge in [0.2, 0.25) is 11.8 Å². The van der Waals surface area contributed by atoms with Gasteiger partial charge in [0.25, 0.3) is 0 Å². The zero-order valence-electron chi connectivity index (χ0n) is 17.2. The van der Waals surface area contributed by atoms with E-state index in [1.54, 1.807) is 6.92 Å². The van der Waals surface area contributed by atoms with Gasteiger partial charge in [-0.1, -0.05) is 25.1 Å². The van der Waals surface area contributed by atoms with Gasteiger partial charge in [-0.2, -0.15) is 4.39 Å². The Bertz CT molecular complexity index is 1380. The van der Waals surface area contributed by atoms with E-state index in [0.29, 0.717) is 23.2 Å². The largest absolute Gasteiger partial charge is 0.347 e. The zero-order valence-corrected chi connectivity index (χ0v) is 17.2. The maximum atomic E-state index is 14.8. The lowest BCUT2D eigenvalue weighted by Gasteiger charge is -2.14. The molecule has 5 rings (SSSR count). The summed E-state index contributed by atoms with van der Waals surface area (Å²) < 4.78 is 31.0. The molecule has 32 heavy (non-hydrogen) atoms. The fourth-order valence-electron chi connectivity index (χ4n) is 4.33. The van der Waals surface area contributed by atoms with Crippen LogP contribution in [0.1, 0.15) is 24.5 Å². The van der Waals surface area contributed by atoms with E-state index in [9.17, 15) is 18.9 Å². The normalized spacial score (nSPS) is 12.8. The summed E-state index contributed by atoms with van der Waals surface area (Å²) in [7, 11) is 0. The van der Waals surface area contributed by atoms with Crippen molar-refractivity contribution in [3.05, 3.63) is 75.6 Å². The third kappa shape index (κ3) is 3.26. The van der Waals surface area contributed by atoms with Crippen LogP contribution in [0.4, 0.5) is 26.1 Å². The summed E-state index contributed by atoms with van der Waals surface area (Å²) in [6.45, 7) is 2.65. The molecule has 1 N–H and O–H groups in total. The van der Waals surface area contributed by atoms with E-state index in [4.69, 9.17) is 0 Å². The molecule has 0 spiro atoms. The highest BCUT2D eigenvalue weighted by molar-refractivity contribution is 5.97. The molecule has 0 radical (unpaired) electrons. The number of aryl methyl sites for hydroxylation is 3. The molecule has 1 aliphatic rings. The number of nitro groups is 1. The van der Waals surface area contributed by atoms with Gasteiger partial charge in [-0.25, -0.2) is 14.4 Å². The summed E-state index contributed by atoms with van der Waals surface area (Å²) >= 11 is 0. The molecule has 0 saturated carbocycles. The highest BCUT2D eigenvalue weighted by Gasteiger charge is 2.22. The number of nitrogens with one attached hydrogen (secondary N) is 1. The van der Waals surface area contributed by atoms with Gasteiger partial charge in [-0.05, 0) is 36.5 Å². The minimum Gasteiger partial charge on any atom is -0.347 e. The summed E-state index contributed by atoms with van der Waals surface area (Å²) in [5.41, 5.74) is 3.28. The van der Waals surface area contributed by atoms with Gasteiger partial charge in [-0.15, -0.1) is 0 Å². The van der Waals surface area contributed by atoms with Crippen molar-refractivity contribution in [2.75, 3.05) is 5.32 Å². The van der Waals surface area contributed by atoms with Crippen molar-refractivity contribution in [3.8, 4) is 11.3 Å². The molecule has 4 aromatic rings. The quantitative estimate of drug-likeness (QED) is 0.329. The Morgan fingerprint density at radius 3 is 2.88 bits per heavy atom. The average Bonchev–Trinajstić information content (AvgIpc) is 3.16. The van der Waals surface area contributed by atoms with Gasteiger partial charge < -0.3 is 9.88 Å². The number of nitrogens with zero attached hydrogens (tertiary/aromatic N) is 4. The Balaban J connectivity index is 1.60. The molecule has 1 aliphatic heterocycles. The van der Waals surface area contributed by atoms with E-state index in [2.05, 4.69) is 25.9 Å². The van der Waals surface area contributed by atoms with Crippen LogP contribution in [0, 0.1) is 21.7 Å². The Kier molecular flexibility index (Phi) is 4.80. The van der Waals surface area contributed by atoms with Crippen LogP contribution in [0.3, 0.4) is 0 Å². The van der Waals surface area contributed by atoms with E-state index in [0.717, 1.165) is 48.6 Å². The summed E-state index contributed by atoms with van der Waals surface area (Å²) in [5.74, 6) is -1.41. The third-order valence-corrected chi connectivity index (χ3v) is 5.82. The van der Waals surface area contributed by atoms with Crippen LogP contribution in [-0.4, -0.2) is 19.5 Å². The molecule has 0 atom stereocenters. The summed E-state index contributed by atoms with van der Waals surface area (Å²) in [4.78, 5) is 18.8. The maximum Gasteiger partial charge on any atom is 0.306 e. The Labute approximate surface area is 181 Å². The van der Waals surface area contributed by atoms with Gasteiger partial charge in [0.1, 0.15) is 5.69 Å². The highest BCUT2D eigenvalue weighted by Crippen LogP contribution is 2.36. The standard InChI is InChI=1S/C23H19F2N5O2/c1-2-13-9-17(24)20(30(31)32)10-19(13)27-23-26-11-18(25)21(28-23)16-12-29-8-4-6-14-5-3-7-15(16)22(14)29/h3,5,7,9-12H,2,4,6,8H2,1H3,(H,26,27,28). The smallest absolute Gasteiger partial charge is 0.306 e. The molecule has 2 aromatic carbocycles. The van der Waals surface area contributed by atoms with E-state index in [-0.39, 0.29) is 11.6 Å². The maximum absolute atomic E-state index is 14.8. The van der Waals surface area contributed by atoms with Gasteiger partial charge in [0.05, 0.1) is 22.3 Å². The number of halogens is 2. The highest BCUT2D eigenvalue weighted by atomic mass is 19.1. The lowest BCUT2D eigenvalue weighted by atomic mass is 10.0. The number of rotatable bonds is 5. The Hall–Kier alpha value is -3.88. The van der Waals surface area contributed by atoms with Crippen LogP contribution in [0.25, 0.3) is 22.2 Å². The van der Waals surface area contributed by atoms with Crippen molar-refractivity contribution >= 4 is 28.2 Å². The van der Waals surface area contributed by atoms with E-state index in [1.807, 2.05) is 18.3 Å². The molecule has 7 nitrogen and oxygen atoms in total. The SMILES string of the molecule is CCc1cc(F)c([N+](=O)[O-])cc1Nc1ncc(F)c(-c2cn3c4c(cccc24)CCC3)n1. The molecule has 0 fully saturated rings. The van der Waals surface area contributed by atoms with Crippen LogP contribution < -0.4 is 5.32 Å². The van der Waals surface area contributed by atoms with Crippen molar-refractivity contribution in [2.45, 2.75) is 32.7 Å². The fourth-order valence-corrected chi connectivity index (χ4v) is 4.33. The van der Waals surface area contributed by atoms with Gasteiger partial charge >= 0.3 is 5.69 Å². The number of nitro benzene ring substituents is 1. The molecule has 0 bridgehead atoms. The molecule has 2 aromatic heterocycles. The van der Waals surface area contributed by atoms with Crippen LogP contribution in [0.2, 0.25) is 0 Å². The minimum atomic E-state index is -0.910. The lowest BCUT2D eigenvalue weighted by Crippen LogP contribution is -2.05. The average molecular weight is 435 g/mol. The second-order valence-corrected chi connectivity index (χ2v) is 7.74. The summed E-state index contributed by atoms with van der Waals surface area (Å²) in [6.07, 6.45) is 5.40. The number of aromatic nitrogens is 3. The van der Waals surface area contributed by atoms with Gasteiger partial charge in [0.15, 0.2) is 5.82 Å². The Morgan fingerprint density at radius 1 is 1.25 bits per heavy atom. The van der Waals surface area contributed by atoms with Crippen LogP contribution in [0.5, 0.6) is 0 Å². The molecule has 0 saturated heterocycles. The third-order valence-electron chi connectivity index (χ3n) is 5.82. The zero-order chi connectivity index (χ0) is 22.4. The molecule has 0 aliphatic carbocycles. The second-order valence-electron chi connectivity index (χ2n) is 7.74. The summed E-state index contributed by atoms with van der Waals surface area (Å²) in [5, 5.41) is 15.0. The van der Waals surface area contributed by atoms with Crippen molar-refractivity contribution < 1.29 is 13.7 Å². The number of anilines is 2. The van der Waals surface area contributed by atoms with Crippen molar-refractivity contribution in [1.82, 2.24) is 14.5 Å². The first-order valence-corrected chi connectivity index (χ1v) is 10.3. The molecule has 0 unspecified atom stereocenters. The second kappa shape index (κ2) is 7.67. The van der Waals surface area contributed by atoms with E-state index in [1.165, 1.54) is 5.56 Å². The predicted molar refractivity (Wildman–Crippen MR) is 117 cm³/mol. The van der Waals surface area contributed by atoms with E-state index < -0.39 is 22.2 Å². The number of benzene rings is 2. The topological polar surface area (TPSA) is 85.9 Å². The lowest BCUT2D eigenvalue weighted by molar-refractivity contribution is -0.387. The predicted octanol–water partition coefficient (Wildman–Crippen LogP) is 5.54. The number of hydrogen-bond donors (Lipinski definition) is 1. The minimum absolute atomic E-state index is 0.0731. The molecular weight excluding hydrogens is 416 g/mol. The molecule has 9 heteroatoms. The first kappa shape index (κ1) is 20.0. The van der Waals surface area contributed by atoms with Crippen LogP contribution >= 0.6 is 0 Å².